The Bertz CT molecular complexity index is 718. The Hall–Kier alpha value is -2.41. The van der Waals surface area contributed by atoms with Crippen LogP contribution < -0.4 is 10.2 Å². The molecule has 1 saturated heterocycles. The standard InChI is InChI=1S/C16H21N5O2/c1-19-9-6-16(7-10-19,18-12-22)15(23)20(2)14-5-3-4-13-17-8-11-21(13)14/h3-5,8,11-12H,6-7,9-10H2,1-2H3,(H,18,22). The van der Waals surface area contributed by atoms with Crippen LogP contribution in [0.25, 0.3) is 5.65 Å². The molecule has 2 aromatic rings. The lowest BCUT2D eigenvalue weighted by molar-refractivity contribution is -0.129. The summed E-state index contributed by atoms with van der Waals surface area (Å²) in [7, 11) is 3.76. The number of carbonyl (C=O) groups is 2. The molecule has 2 aromatic heterocycles. The number of likely N-dealkylation sites (tertiary alicyclic amines) is 1. The average Bonchev–Trinajstić information content (AvgIpc) is 3.04. The van der Waals surface area contributed by atoms with Crippen LogP contribution in [0.5, 0.6) is 0 Å². The second-order valence-corrected chi connectivity index (χ2v) is 6.05. The summed E-state index contributed by atoms with van der Waals surface area (Å²) in [5.41, 5.74) is -0.0610. The van der Waals surface area contributed by atoms with Gasteiger partial charge in [-0.2, -0.15) is 0 Å². The molecule has 7 nitrogen and oxygen atoms in total. The third kappa shape index (κ3) is 2.68. The summed E-state index contributed by atoms with van der Waals surface area (Å²) in [6.07, 6.45) is 5.36. The van der Waals surface area contributed by atoms with Crippen molar-refractivity contribution in [2.45, 2.75) is 18.4 Å². The predicted octanol–water partition coefficient (Wildman–Crippen LogP) is 0.508. The first-order chi connectivity index (χ1) is 11.1. The minimum Gasteiger partial charge on any atom is -0.344 e. The fourth-order valence-electron chi connectivity index (χ4n) is 3.16. The number of hydrogen-bond donors (Lipinski definition) is 1. The maximum Gasteiger partial charge on any atom is 0.253 e. The molecule has 1 N–H and O–H groups in total. The molecular weight excluding hydrogens is 294 g/mol. The van der Waals surface area contributed by atoms with E-state index < -0.39 is 5.54 Å². The topological polar surface area (TPSA) is 70.0 Å². The minimum absolute atomic E-state index is 0.0982. The molecule has 122 valence electrons. The summed E-state index contributed by atoms with van der Waals surface area (Å²) in [4.78, 5) is 32.2. The molecule has 0 bridgehead atoms. The Morgan fingerprint density at radius 1 is 1.39 bits per heavy atom. The lowest BCUT2D eigenvalue weighted by atomic mass is 9.86. The third-order valence-electron chi connectivity index (χ3n) is 4.64. The van der Waals surface area contributed by atoms with Gasteiger partial charge in [0.25, 0.3) is 5.91 Å². The maximum absolute atomic E-state index is 13.1. The Morgan fingerprint density at radius 2 is 2.13 bits per heavy atom. The number of hydrogen-bond acceptors (Lipinski definition) is 4. The smallest absolute Gasteiger partial charge is 0.253 e. The normalized spacial score (nSPS) is 17.8. The van der Waals surface area contributed by atoms with Crippen LogP contribution in [0.15, 0.2) is 30.6 Å². The van der Waals surface area contributed by atoms with Crippen LogP contribution in [-0.2, 0) is 9.59 Å². The summed E-state index contributed by atoms with van der Waals surface area (Å²) in [6, 6.07) is 5.63. The van der Waals surface area contributed by atoms with Gasteiger partial charge in [0.2, 0.25) is 6.41 Å². The molecule has 1 fully saturated rings. The van der Waals surface area contributed by atoms with Crippen molar-refractivity contribution >= 4 is 23.8 Å². The van der Waals surface area contributed by atoms with Crippen LogP contribution in [0, 0.1) is 0 Å². The van der Waals surface area contributed by atoms with Gasteiger partial charge in [0.1, 0.15) is 17.0 Å². The van der Waals surface area contributed by atoms with Crippen LogP contribution in [0.1, 0.15) is 12.8 Å². The van der Waals surface area contributed by atoms with Gasteiger partial charge in [-0.3, -0.25) is 18.9 Å². The number of nitrogens with one attached hydrogen (secondary N) is 1. The molecule has 1 aliphatic rings. The van der Waals surface area contributed by atoms with Crippen LogP contribution in [0.3, 0.4) is 0 Å². The first-order valence-electron chi connectivity index (χ1n) is 7.67. The number of likely N-dealkylation sites (N-methyl/N-ethyl adjacent to an activating group) is 1. The zero-order chi connectivity index (χ0) is 16.4. The van der Waals surface area contributed by atoms with Crippen molar-refractivity contribution < 1.29 is 9.59 Å². The first kappa shape index (κ1) is 15.5. The van der Waals surface area contributed by atoms with Crippen LogP contribution in [0.2, 0.25) is 0 Å². The highest BCUT2D eigenvalue weighted by Crippen LogP contribution is 2.26. The number of aromatic nitrogens is 2. The van der Waals surface area contributed by atoms with E-state index in [4.69, 9.17) is 0 Å². The number of pyridine rings is 1. The van der Waals surface area contributed by atoms with Crippen LogP contribution in [-0.4, -0.2) is 59.3 Å². The van der Waals surface area contributed by atoms with Gasteiger partial charge in [0, 0.05) is 32.5 Å². The van der Waals surface area contributed by atoms with Crippen molar-refractivity contribution in [1.82, 2.24) is 19.6 Å². The quantitative estimate of drug-likeness (QED) is 0.835. The fourth-order valence-corrected chi connectivity index (χ4v) is 3.16. The second kappa shape index (κ2) is 6.00. The molecule has 0 saturated carbocycles. The van der Waals surface area contributed by atoms with E-state index in [9.17, 15) is 9.59 Å². The summed E-state index contributed by atoms with van der Waals surface area (Å²) >= 11 is 0. The van der Waals surface area contributed by atoms with Crippen molar-refractivity contribution in [3.63, 3.8) is 0 Å². The van der Waals surface area contributed by atoms with Gasteiger partial charge >= 0.3 is 0 Å². The van der Waals surface area contributed by atoms with E-state index in [2.05, 4.69) is 15.2 Å². The van der Waals surface area contributed by atoms with E-state index in [1.54, 1.807) is 18.1 Å². The number of carbonyl (C=O) groups excluding carboxylic acids is 2. The van der Waals surface area contributed by atoms with Gasteiger partial charge < -0.3 is 10.2 Å². The highest BCUT2D eigenvalue weighted by Gasteiger charge is 2.42. The summed E-state index contributed by atoms with van der Waals surface area (Å²) in [5, 5.41) is 2.79. The molecule has 0 atom stereocenters. The van der Waals surface area contributed by atoms with Gasteiger partial charge in [0.15, 0.2) is 0 Å². The molecule has 0 spiro atoms. The van der Waals surface area contributed by atoms with E-state index in [-0.39, 0.29) is 5.91 Å². The molecule has 3 heterocycles. The summed E-state index contributed by atoms with van der Waals surface area (Å²) in [5.74, 6) is 0.634. The average molecular weight is 315 g/mol. The number of amides is 2. The van der Waals surface area contributed by atoms with Crippen molar-refractivity contribution in [3.8, 4) is 0 Å². The van der Waals surface area contributed by atoms with E-state index in [0.717, 1.165) is 24.6 Å². The van der Waals surface area contributed by atoms with Crippen molar-refractivity contribution in [1.29, 1.82) is 0 Å². The monoisotopic (exact) mass is 315 g/mol. The number of nitrogens with zero attached hydrogens (tertiary/aromatic N) is 4. The minimum atomic E-state index is -0.842. The van der Waals surface area contributed by atoms with Crippen LogP contribution in [0.4, 0.5) is 5.82 Å². The Balaban J connectivity index is 1.93. The largest absolute Gasteiger partial charge is 0.344 e. The number of anilines is 1. The predicted molar refractivity (Wildman–Crippen MR) is 87.3 cm³/mol. The molecular formula is C16H21N5O2. The van der Waals surface area contributed by atoms with E-state index in [1.807, 2.05) is 35.8 Å². The number of fused-ring (bicyclic) bond motifs is 1. The van der Waals surface area contributed by atoms with E-state index in [1.165, 1.54) is 0 Å². The second-order valence-electron chi connectivity index (χ2n) is 6.05. The molecule has 23 heavy (non-hydrogen) atoms. The first-order valence-corrected chi connectivity index (χ1v) is 7.67. The Morgan fingerprint density at radius 3 is 2.83 bits per heavy atom. The molecule has 1 aliphatic heterocycles. The van der Waals surface area contributed by atoms with Gasteiger partial charge in [-0.15, -0.1) is 0 Å². The van der Waals surface area contributed by atoms with E-state index in [0.29, 0.717) is 19.3 Å². The molecule has 0 aliphatic carbocycles. The summed E-state index contributed by atoms with van der Waals surface area (Å²) < 4.78 is 1.86. The number of piperidine rings is 1. The van der Waals surface area contributed by atoms with Crippen LogP contribution >= 0.6 is 0 Å². The molecule has 3 rings (SSSR count). The van der Waals surface area contributed by atoms with Gasteiger partial charge in [-0.05, 0) is 32.0 Å². The van der Waals surface area contributed by atoms with E-state index >= 15 is 0 Å². The lowest BCUT2D eigenvalue weighted by Crippen LogP contribution is -2.61. The number of rotatable bonds is 4. The van der Waals surface area contributed by atoms with Crippen molar-refractivity contribution in [2.75, 3.05) is 32.1 Å². The molecule has 0 unspecified atom stereocenters. The third-order valence-corrected chi connectivity index (χ3v) is 4.64. The molecule has 0 aromatic carbocycles. The van der Waals surface area contributed by atoms with Gasteiger partial charge in [-0.25, -0.2) is 4.98 Å². The highest BCUT2D eigenvalue weighted by atomic mass is 16.2. The Labute approximate surface area is 134 Å². The fraction of sp³-hybridized carbons (Fsp3) is 0.438. The lowest BCUT2D eigenvalue weighted by Gasteiger charge is -2.41. The van der Waals surface area contributed by atoms with Crippen molar-refractivity contribution in [3.05, 3.63) is 30.6 Å². The zero-order valence-electron chi connectivity index (χ0n) is 13.4. The molecule has 7 heteroatoms. The van der Waals surface area contributed by atoms with Gasteiger partial charge in [0.05, 0.1) is 0 Å². The highest BCUT2D eigenvalue weighted by molar-refractivity contribution is 6.00. The molecule has 2 amide bonds. The maximum atomic E-state index is 13.1. The number of imidazole rings is 1. The zero-order valence-corrected chi connectivity index (χ0v) is 13.4. The molecule has 0 radical (unpaired) electrons. The van der Waals surface area contributed by atoms with Gasteiger partial charge in [-0.1, -0.05) is 6.07 Å². The summed E-state index contributed by atoms with van der Waals surface area (Å²) in [6.45, 7) is 1.55. The Kier molecular flexibility index (Phi) is 4.04. The SMILES string of the molecule is CN1CCC(NC=O)(C(=O)N(C)c2cccc3nccn23)CC1. The van der Waals surface area contributed by atoms with Crippen molar-refractivity contribution in [2.24, 2.45) is 0 Å².